The molecule has 2 aromatic carbocycles. The van der Waals surface area contributed by atoms with Crippen LogP contribution in [0.1, 0.15) is 19.4 Å². The number of benzene rings is 2. The number of piperazine rings is 1. The van der Waals surface area contributed by atoms with Gasteiger partial charge in [-0.1, -0.05) is 56.3 Å². The van der Waals surface area contributed by atoms with Crippen LogP contribution in [-0.2, 0) is 16.0 Å². The Labute approximate surface area is 143 Å². The topological polar surface area (TPSA) is 40.6 Å². The first-order valence-electron chi connectivity index (χ1n) is 8.59. The SMILES string of the molecule is CC(C)C(=O)N1CCN(C(=O)Cc2ccc3ccccc3c2)CC1. The Morgan fingerprint density at radius 2 is 1.54 bits per heavy atom. The van der Waals surface area contributed by atoms with E-state index in [4.69, 9.17) is 0 Å². The van der Waals surface area contributed by atoms with Gasteiger partial charge in [0.25, 0.3) is 0 Å². The molecule has 126 valence electrons. The van der Waals surface area contributed by atoms with E-state index in [1.165, 1.54) is 5.39 Å². The number of nitrogens with zero attached hydrogens (tertiary/aromatic N) is 2. The summed E-state index contributed by atoms with van der Waals surface area (Å²) in [4.78, 5) is 28.3. The van der Waals surface area contributed by atoms with Crippen molar-refractivity contribution in [3.05, 3.63) is 48.0 Å². The molecular weight excluding hydrogens is 300 g/mol. The summed E-state index contributed by atoms with van der Waals surface area (Å²) >= 11 is 0. The number of fused-ring (bicyclic) bond motifs is 1. The average molecular weight is 324 g/mol. The van der Waals surface area contributed by atoms with Crippen LogP contribution >= 0.6 is 0 Å². The molecule has 0 saturated carbocycles. The second-order valence-electron chi connectivity index (χ2n) is 6.72. The molecule has 1 aliphatic rings. The quantitative estimate of drug-likeness (QED) is 0.871. The van der Waals surface area contributed by atoms with Crippen LogP contribution < -0.4 is 0 Å². The van der Waals surface area contributed by atoms with Gasteiger partial charge in [0, 0.05) is 32.1 Å². The zero-order valence-electron chi connectivity index (χ0n) is 14.4. The van der Waals surface area contributed by atoms with Crippen LogP contribution in [0.25, 0.3) is 10.8 Å². The van der Waals surface area contributed by atoms with Gasteiger partial charge in [0.15, 0.2) is 0 Å². The Hall–Kier alpha value is -2.36. The number of hydrogen-bond donors (Lipinski definition) is 0. The maximum Gasteiger partial charge on any atom is 0.227 e. The summed E-state index contributed by atoms with van der Waals surface area (Å²) in [5, 5.41) is 2.35. The Balaban J connectivity index is 1.60. The highest BCUT2D eigenvalue weighted by molar-refractivity contribution is 5.85. The zero-order chi connectivity index (χ0) is 17.1. The number of amides is 2. The maximum absolute atomic E-state index is 12.5. The van der Waals surface area contributed by atoms with Crippen LogP contribution in [0.15, 0.2) is 42.5 Å². The van der Waals surface area contributed by atoms with Crippen LogP contribution in [0.5, 0.6) is 0 Å². The van der Waals surface area contributed by atoms with Gasteiger partial charge < -0.3 is 9.80 Å². The maximum atomic E-state index is 12.5. The lowest BCUT2D eigenvalue weighted by molar-refractivity contribution is -0.141. The van der Waals surface area contributed by atoms with Gasteiger partial charge in [-0.25, -0.2) is 0 Å². The van der Waals surface area contributed by atoms with Gasteiger partial charge in [0.2, 0.25) is 11.8 Å². The molecule has 0 N–H and O–H groups in total. The Bertz CT molecular complexity index is 746. The molecule has 1 heterocycles. The van der Waals surface area contributed by atoms with Gasteiger partial charge >= 0.3 is 0 Å². The van der Waals surface area contributed by atoms with Crippen molar-refractivity contribution in [1.82, 2.24) is 9.80 Å². The Morgan fingerprint density at radius 1 is 0.917 bits per heavy atom. The third kappa shape index (κ3) is 3.58. The summed E-state index contributed by atoms with van der Waals surface area (Å²) in [6.07, 6.45) is 0.420. The smallest absolute Gasteiger partial charge is 0.227 e. The fraction of sp³-hybridized carbons (Fsp3) is 0.400. The van der Waals surface area contributed by atoms with Crippen LogP contribution in [0.4, 0.5) is 0 Å². The van der Waals surface area contributed by atoms with Crippen LogP contribution in [0, 0.1) is 5.92 Å². The molecular formula is C20H24N2O2. The van der Waals surface area contributed by atoms with Crippen molar-refractivity contribution in [3.8, 4) is 0 Å². The summed E-state index contributed by atoms with van der Waals surface area (Å²) in [6, 6.07) is 14.4. The molecule has 0 radical (unpaired) electrons. The van der Waals surface area contributed by atoms with Crippen molar-refractivity contribution in [2.45, 2.75) is 20.3 Å². The predicted octanol–water partition coefficient (Wildman–Crippen LogP) is 2.71. The number of carbonyl (C=O) groups is 2. The van der Waals surface area contributed by atoms with E-state index in [2.05, 4.69) is 24.3 Å². The average Bonchev–Trinajstić information content (AvgIpc) is 2.61. The first-order valence-corrected chi connectivity index (χ1v) is 8.59. The fourth-order valence-corrected chi connectivity index (χ4v) is 3.18. The second-order valence-corrected chi connectivity index (χ2v) is 6.72. The zero-order valence-corrected chi connectivity index (χ0v) is 14.4. The predicted molar refractivity (Wildman–Crippen MR) is 95.7 cm³/mol. The molecule has 0 spiro atoms. The molecule has 0 aromatic heterocycles. The molecule has 2 amide bonds. The van der Waals surface area contributed by atoms with Gasteiger partial charge in [0.1, 0.15) is 0 Å². The summed E-state index contributed by atoms with van der Waals surface area (Å²) < 4.78 is 0. The molecule has 4 heteroatoms. The van der Waals surface area contributed by atoms with Crippen molar-refractivity contribution in [3.63, 3.8) is 0 Å². The number of carbonyl (C=O) groups excluding carboxylic acids is 2. The fourth-order valence-electron chi connectivity index (χ4n) is 3.18. The molecule has 0 unspecified atom stereocenters. The lowest BCUT2D eigenvalue weighted by Crippen LogP contribution is -2.51. The van der Waals surface area contributed by atoms with E-state index in [0.29, 0.717) is 32.6 Å². The van der Waals surface area contributed by atoms with Crippen molar-refractivity contribution < 1.29 is 9.59 Å². The minimum atomic E-state index is 0.0184. The lowest BCUT2D eigenvalue weighted by atomic mass is 10.0. The van der Waals surface area contributed by atoms with E-state index in [-0.39, 0.29) is 17.7 Å². The molecule has 2 aromatic rings. The minimum absolute atomic E-state index is 0.0184. The summed E-state index contributed by atoms with van der Waals surface area (Å²) in [5.74, 6) is 0.336. The molecule has 0 aliphatic carbocycles. The lowest BCUT2D eigenvalue weighted by Gasteiger charge is -2.35. The van der Waals surface area contributed by atoms with Gasteiger partial charge in [0.05, 0.1) is 6.42 Å². The van der Waals surface area contributed by atoms with Gasteiger partial charge in [-0.15, -0.1) is 0 Å². The monoisotopic (exact) mass is 324 g/mol. The van der Waals surface area contributed by atoms with E-state index in [1.807, 2.05) is 41.8 Å². The van der Waals surface area contributed by atoms with Crippen molar-refractivity contribution in [2.24, 2.45) is 5.92 Å². The molecule has 0 atom stereocenters. The molecule has 1 saturated heterocycles. The molecule has 4 nitrogen and oxygen atoms in total. The molecule has 1 fully saturated rings. The van der Waals surface area contributed by atoms with E-state index < -0.39 is 0 Å². The van der Waals surface area contributed by atoms with E-state index in [0.717, 1.165) is 10.9 Å². The summed E-state index contributed by atoms with van der Waals surface area (Å²) in [5.41, 5.74) is 1.04. The molecule has 0 bridgehead atoms. The third-order valence-corrected chi connectivity index (χ3v) is 4.61. The van der Waals surface area contributed by atoms with E-state index >= 15 is 0 Å². The van der Waals surface area contributed by atoms with Crippen LogP contribution in [0.2, 0.25) is 0 Å². The summed E-state index contributed by atoms with van der Waals surface area (Å²) in [6.45, 7) is 6.37. The van der Waals surface area contributed by atoms with Crippen LogP contribution in [-0.4, -0.2) is 47.8 Å². The second kappa shape index (κ2) is 7.04. The number of hydrogen-bond acceptors (Lipinski definition) is 2. The molecule has 1 aliphatic heterocycles. The van der Waals surface area contributed by atoms with Gasteiger partial charge in [-0.3, -0.25) is 9.59 Å². The van der Waals surface area contributed by atoms with Gasteiger partial charge in [-0.2, -0.15) is 0 Å². The highest BCUT2D eigenvalue weighted by Gasteiger charge is 2.25. The Morgan fingerprint density at radius 3 is 2.21 bits per heavy atom. The number of rotatable bonds is 3. The first-order chi connectivity index (χ1) is 11.5. The highest BCUT2D eigenvalue weighted by Crippen LogP contribution is 2.17. The van der Waals surface area contributed by atoms with Crippen molar-refractivity contribution in [1.29, 1.82) is 0 Å². The minimum Gasteiger partial charge on any atom is -0.339 e. The van der Waals surface area contributed by atoms with Crippen molar-refractivity contribution >= 4 is 22.6 Å². The van der Waals surface area contributed by atoms with Gasteiger partial charge in [-0.05, 0) is 16.3 Å². The third-order valence-electron chi connectivity index (χ3n) is 4.61. The normalized spacial score (nSPS) is 15.1. The van der Waals surface area contributed by atoms with E-state index in [1.54, 1.807) is 0 Å². The van der Waals surface area contributed by atoms with Crippen molar-refractivity contribution in [2.75, 3.05) is 26.2 Å². The Kier molecular flexibility index (Phi) is 4.84. The molecule has 3 rings (SSSR count). The summed E-state index contributed by atoms with van der Waals surface area (Å²) in [7, 11) is 0. The first kappa shape index (κ1) is 16.5. The molecule has 24 heavy (non-hydrogen) atoms. The standard InChI is InChI=1S/C20H24N2O2/c1-15(2)20(24)22-11-9-21(10-12-22)19(23)14-16-7-8-17-5-3-4-6-18(17)13-16/h3-8,13,15H,9-12,14H2,1-2H3. The largest absolute Gasteiger partial charge is 0.339 e. The van der Waals surface area contributed by atoms with E-state index in [9.17, 15) is 9.59 Å². The highest BCUT2D eigenvalue weighted by atomic mass is 16.2. The van der Waals surface area contributed by atoms with Crippen LogP contribution in [0.3, 0.4) is 0 Å².